The monoisotopic (exact) mass is 449 g/mol. The number of carbonyl (C=O) groups is 1. The van der Waals surface area contributed by atoms with E-state index in [2.05, 4.69) is 55.0 Å². The molecule has 6 nitrogen and oxygen atoms in total. The minimum absolute atomic E-state index is 0. The molecule has 3 atom stereocenters. The smallest absolute Gasteiger partial charge is 0.274 e. The molecule has 4 fully saturated rings. The number of aromatic nitrogens is 2. The molecule has 6 heterocycles. The Balaban J connectivity index is 0.00000109. The number of benzene rings is 1. The number of hydrogen-bond acceptors (Lipinski definition) is 4. The molecule has 8 heteroatoms. The fraction of sp³-hybridized carbons (Fsp3) is 0.545. The van der Waals surface area contributed by atoms with Crippen LogP contribution in [0.4, 0.5) is 0 Å². The van der Waals surface area contributed by atoms with E-state index in [0.717, 1.165) is 32.0 Å². The maximum Gasteiger partial charge on any atom is 0.274 e. The molecule has 30 heavy (non-hydrogen) atoms. The summed E-state index contributed by atoms with van der Waals surface area (Å²) in [6.45, 7) is 5.76. The number of carbonyl (C=O) groups excluding carboxylic acids is 1. The van der Waals surface area contributed by atoms with Crippen molar-refractivity contribution in [3.05, 3.63) is 53.6 Å². The summed E-state index contributed by atoms with van der Waals surface area (Å²) in [4.78, 5) is 23.1. The van der Waals surface area contributed by atoms with Gasteiger partial charge in [0, 0.05) is 37.8 Å². The first-order valence-corrected chi connectivity index (χ1v) is 10.7. The highest BCUT2D eigenvalue weighted by Gasteiger charge is 2.54. The van der Waals surface area contributed by atoms with Crippen molar-refractivity contribution in [3.63, 3.8) is 0 Å². The SMILES string of the molecule is Cl.Cl.O=C(c1cn2c(n1)CNCC2)N1C[C@@H](c2ccccc2)[C@@H]2[C@H]1C1CCN2CC1. The van der Waals surface area contributed by atoms with Crippen molar-refractivity contribution in [1.82, 2.24) is 24.7 Å². The standard InChI is InChI=1S/C22H27N5O.2ClH/c28-22(18-14-26-11-8-23-12-19(26)24-18)27-13-17(15-4-2-1-3-5-15)21-20(27)16-6-9-25(21)10-7-16;;/h1-5,14,16-17,20-21,23H,6-13H2;2*1H/t17-,20+,21+;;/m0../s1. The number of rotatable bonds is 2. The molecular formula is C22H29Cl2N5O. The number of nitrogens with zero attached hydrogens (tertiary/aromatic N) is 4. The van der Waals surface area contributed by atoms with Crippen LogP contribution in [0.2, 0.25) is 0 Å². The van der Waals surface area contributed by atoms with Gasteiger partial charge in [-0.05, 0) is 37.4 Å². The van der Waals surface area contributed by atoms with Gasteiger partial charge in [-0.3, -0.25) is 9.69 Å². The largest absolute Gasteiger partial charge is 0.332 e. The number of hydrogen-bond donors (Lipinski definition) is 1. The second-order valence-electron chi connectivity index (χ2n) is 8.74. The quantitative estimate of drug-likeness (QED) is 0.764. The molecule has 5 aliphatic heterocycles. The molecule has 0 spiro atoms. The summed E-state index contributed by atoms with van der Waals surface area (Å²) in [6.07, 6.45) is 4.41. The van der Waals surface area contributed by atoms with E-state index >= 15 is 0 Å². The summed E-state index contributed by atoms with van der Waals surface area (Å²) in [6, 6.07) is 11.6. The number of imidazole rings is 1. The van der Waals surface area contributed by atoms with Crippen molar-refractivity contribution in [2.45, 2.75) is 43.9 Å². The Morgan fingerprint density at radius 3 is 2.53 bits per heavy atom. The van der Waals surface area contributed by atoms with Crippen LogP contribution >= 0.6 is 24.8 Å². The van der Waals surface area contributed by atoms with Crippen LogP contribution in [0.1, 0.15) is 40.6 Å². The van der Waals surface area contributed by atoms with Gasteiger partial charge in [-0.15, -0.1) is 24.8 Å². The summed E-state index contributed by atoms with van der Waals surface area (Å²) < 4.78 is 2.14. The second-order valence-corrected chi connectivity index (χ2v) is 8.74. The summed E-state index contributed by atoms with van der Waals surface area (Å²) >= 11 is 0. The van der Waals surface area contributed by atoms with Gasteiger partial charge >= 0.3 is 0 Å². The van der Waals surface area contributed by atoms with Crippen molar-refractivity contribution in [1.29, 1.82) is 0 Å². The number of amides is 1. The summed E-state index contributed by atoms with van der Waals surface area (Å²) in [5.74, 6) is 2.15. The molecule has 0 unspecified atom stereocenters. The number of fused-ring (bicyclic) bond motifs is 3. The highest BCUT2D eigenvalue weighted by molar-refractivity contribution is 5.93. The zero-order valence-electron chi connectivity index (χ0n) is 16.9. The third kappa shape index (κ3) is 3.34. The summed E-state index contributed by atoms with van der Waals surface area (Å²) in [5, 5.41) is 3.34. The molecule has 4 saturated heterocycles. The molecule has 1 aromatic heterocycles. The van der Waals surface area contributed by atoms with Gasteiger partial charge in [0.2, 0.25) is 0 Å². The van der Waals surface area contributed by atoms with Crippen molar-refractivity contribution in [2.75, 3.05) is 26.2 Å². The number of piperidine rings is 3. The molecular weight excluding hydrogens is 421 g/mol. The Bertz CT molecular complexity index is 873. The summed E-state index contributed by atoms with van der Waals surface area (Å²) in [5.41, 5.74) is 2.00. The van der Waals surface area contributed by atoms with E-state index in [0.29, 0.717) is 29.6 Å². The van der Waals surface area contributed by atoms with E-state index in [-0.39, 0.29) is 30.7 Å². The van der Waals surface area contributed by atoms with Gasteiger partial charge in [0.05, 0.1) is 12.6 Å². The van der Waals surface area contributed by atoms with Crippen LogP contribution in [0.15, 0.2) is 36.5 Å². The van der Waals surface area contributed by atoms with Gasteiger partial charge < -0.3 is 14.8 Å². The van der Waals surface area contributed by atoms with Crippen molar-refractivity contribution >= 4 is 30.7 Å². The lowest BCUT2D eigenvalue weighted by Gasteiger charge is -2.51. The van der Waals surface area contributed by atoms with E-state index in [1.807, 2.05) is 6.20 Å². The van der Waals surface area contributed by atoms with Crippen LogP contribution in [0.3, 0.4) is 0 Å². The molecule has 5 aliphatic rings. The van der Waals surface area contributed by atoms with E-state index in [1.165, 1.54) is 31.5 Å². The van der Waals surface area contributed by atoms with Crippen LogP contribution in [0.5, 0.6) is 0 Å². The Labute approximate surface area is 189 Å². The Morgan fingerprint density at radius 1 is 1.03 bits per heavy atom. The third-order valence-corrected chi connectivity index (χ3v) is 7.37. The molecule has 1 amide bonds. The van der Waals surface area contributed by atoms with Crippen LogP contribution in [0.25, 0.3) is 0 Å². The lowest BCUT2D eigenvalue weighted by Crippen LogP contribution is -2.60. The van der Waals surface area contributed by atoms with Crippen molar-refractivity contribution in [3.8, 4) is 0 Å². The van der Waals surface area contributed by atoms with E-state index in [1.54, 1.807) is 0 Å². The Hall–Kier alpha value is -1.60. The van der Waals surface area contributed by atoms with Gasteiger partial charge in [0.15, 0.2) is 0 Å². The highest BCUT2D eigenvalue weighted by atomic mass is 35.5. The van der Waals surface area contributed by atoms with Crippen LogP contribution in [-0.4, -0.2) is 63.5 Å². The zero-order chi connectivity index (χ0) is 18.7. The van der Waals surface area contributed by atoms with Crippen molar-refractivity contribution < 1.29 is 4.79 Å². The molecule has 162 valence electrons. The molecule has 1 N–H and O–H groups in total. The lowest BCUT2D eigenvalue weighted by atomic mass is 9.75. The molecule has 2 aromatic rings. The highest BCUT2D eigenvalue weighted by Crippen LogP contribution is 2.46. The van der Waals surface area contributed by atoms with E-state index < -0.39 is 0 Å². The van der Waals surface area contributed by atoms with Crippen LogP contribution in [-0.2, 0) is 13.1 Å². The molecule has 0 aliphatic carbocycles. The van der Waals surface area contributed by atoms with Gasteiger partial charge in [-0.25, -0.2) is 4.98 Å². The normalized spacial score (nSPS) is 31.3. The first-order chi connectivity index (χ1) is 13.8. The molecule has 0 radical (unpaired) electrons. The number of halogens is 2. The fourth-order valence-electron chi connectivity index (χ4n) is 6.09. The van der Waals surface area contributed by atoms with Gasteiger partial charge in [-0.2, -0.15) is 0 Å². The topological polar surface area (TPSA) is 53.4 Å². The third-order valence-electron chi connectivity index (χ3n) is 7.37. The van der Waals surface area contributed by atoms with E-state index in [4.69, 9.17) is 0 Å². The Kier molecular flexibility index (Phi) is 6.13. The first-order valence-electron chi connectivity index (χ1n) is 10.7. The average Bonchev–Trinajstić information content (AvgIpc) is 3.38. The molecule has 0 saturated carbocycles. The number of nitrogens with one attached hydrogen (secondary N) is 1. The van der Waals surface area contributed by atoms with Gasteiger partial charge in [-0.1, -0.05) is 30.3 Å². The average molecular weight is 450 g/mol. The maximum absolute atomic E-state index is 13.6. The fourth-order valence-corrected chi connectivity index (χ4v) is 6.09. The minimum Gasteiger partial charge on any atom is -0.332 e. The summed E-state index contributed by atoms with van der Waals surface area (Å²) in [7, 11) is 0. The predicted octanol–water partition coefficient (Wildman–Crippen LogP) is 2.53. The molecule has 7 rings (SSSR count). The second kappa shape index (κ2) is 8.50. The molecule has 2 bridgehead atoms. The molecule has 1 aromatic carbocycles. The maximum atomic E-state index is 13.6. The number of likely N-dealkylation sites (tertiary alicyclic amines) is 1. The van der Waals surface area contributed by atoms with Crippen LogP contribution < -0.4 is 5.32 Å². The Morgan fingerprint density at radius 2 is 1.80 bits per heavy atom. The predicted molar refractivity (Wildman–Crippen MR) is 121 cm³/mol. The van der Waals surface area contributed by atoms with Crippen molar-refractivity contribution in [2.24, 2.45) is 5.92 Å². The van der Waals surface area contributed by atoms with E-state index in [9.17, 15) is 4.79 Å². The first kappa shape index (κ1) is 21.6. The lowest BCUT2D eigenvalue weighted by molar-refractivity contribution is -0.00357. The minimum atomic E-state index is 0. The van der Waals surface area contributed by atoms with Crippen LogP contribution in [0, 0.1) is 5.92 Å². The van der Waals surface area contributed by atoms with Gasteiger partial charge in [0.25, 0.3) is 5.91 Å². The zero-order valence-corrected chi connectivity index (χ0v) is 18.6. The van der Waals surface area contributed by atoms with Gasteiger partial charge in [0.1, 0.15) is 11.5 Å².